The number of benzene rings is 2. The van der Waals surface area contributed by atoms with Crippen LogP contribution in [-0.2, 0) is 14.8 Å². The van der Waals surface area contributed by atoms with E-state index in [0.717, 1.165) is 36.6 Å². The van der Waals surface area contributed by atoms with E-state index in [4.69, 9.17) is 4.74 Å². The summed E-state index contributed by atoms with van der Waals surface area (Å²) in [5.41, 5.74) is 3.51. The zero-order chi connectivity index (χ0) is 22.6. The van der Waals surface area contributed by atoms with E-state index in [1.807, 2.05) is 32.0 Å². The summed E-state index contributed by atoms with van der Waals surface area (Å²) in [5.74, 6) is 0.725. The molecular formula is C22H29IN2O4S. The summed E-state index contributed by atoms with van der Waals surface area (Å²) in [7, 11) is -1.96. The normalized spacial score (nSPS) is 12.5. The zero-order valence-corrected chi connectivity index (χ0v) is 21.2. The van der Waals surface area contributed by atoms with E-state index >= 15 is 0 Å². The molecule has 0 fully saturated rings. The molecule has 0 heterocycles. The smallest absolute Gasteiger partial charge is 0.241 e. The van der Waals surface area contributed by atoms with Gasteiger partial charge in [-0.2, -0.15) is 0 Å². The van der Waals surface area contributed by atoms with Gasteiger partial charge in [-0.3, -0.25) is 9.10 Å². The molecule has 0 radical (unpaired) electrons. The molecule has 0 bridgehead atoms. The van der Waals surface area contributed by atoms with Crippen LogP contribution < -0.4 is 14.4 Å². The Balaban J connectivity index is 2.24. The number of amides is 1. The Morgan fingerprint density at radius 2 is 1.73 bits per heavy atom. The van der Waals surface area contributed by atoms with Crippen LogP contribution in [0.3, 0.4) is 0 Å². The van der Waals surface area contributed by atoms with Gasteiger partial charge in [0.05, 0.1) is 25.1 Å². The zero-order valence-electron chi connectivity index (χ0n) is 18.2. The molecule has 2 aromatic carbocycles. The quantitative estimate of drug-likeness (QED) is 0.501. The number of nitrogens with zero attached hydrogens (tertiary/aromatic N) is 1. The van der Waals surface area contributed by atoms with Gasteiger partial charge in [-0.15, -0.1) is 0 Å². The van der Waals surface area contributed by atoms with Crippen molar-refractivity contribution in [3.63, 3.8) is 0 Å². The van der Waals surface area contributed by atoms with Crippen molar-refractivity contribution >= 4 is 44.2 Å². The third-order valence-corrected chi connectivity index (χ3v) is 6.75. The molecule has 0 aromatic heterocycles. The maximum absolute atomic E-state index is 12.7. The predicted octanol–water partition coefficient (Wildman–Crippen LogP) is 4.38. The molecule has 0 aliphatic rings. The number of sulfonamides is 1. The maximum Gasteiger partial charge on any atom is 0.241 e. The number of halogens is 1. The molecule has 0 spiro atoms. The highest BCUT2D eigenvalue weighted by Gasteiger charge is 2.23. The fraction of sp³-hybridized carbons (Fsp3) is 0.409. The van der Waals surface area contributed by atoms with Crippen LogP contribution in [-0.4, -0.2) is 34.2 Å². The van der Waals surface area contributed by atoms with E-state index in [9.17, 15) is 13.2 Å². The molecular weight excluding hydrogens is 515 g/mol. The first-order valence-corrected chi connectivity index (χ1v) is 12.6. The highest BCUT2D eigenvalue weighted by Crippen LogP contribution is 2.32. The van der Waals surface area contributed by atoms with Crippen LogP contribution in [0, 0.1) is 10.5 Å². The summed E-state index contributed by atoms with van der Waals surface area (Å²) in [4.78, 5) is 12.7. The van der Waals surface area contributed by atoms with Gasteiger partial charge >= 0.3 is 0 Å². The summed E-state index contributed by atoms with van der Waals surface area (Å²) < 4.78 is 32.2. The van der Waals surface area contributed by atoms with E-state index in [1.54, 1.807) is 19.2 Å². The summed E-state index contributed by atoms with van der Waals surface area (Å²) in [6.45, 7) is 7.76. The van der Waals surface area contributed by atoms with E-state index in [0.29, 0.717) is 5.69 Å². The molecule has 2 aromatic rings. The lowest BCUT2D eigenvalue weighted by Gasteiger charge is -2.24. The molecule has 0 saturated carbocycles. The number of carbonyl (C=O) groups excluding carboxylic acids is 1. The van der Waals surface area contributed by atoms with Crippen LogP contribution in [0.25, 0.3) is 0 Å². The Morgan fingerprint density at radius 3 is 2.23 bits per heavy atom. The second kappa shape index (κ2) is 10.00. The van der Waals surface area contributed by atoms with Crippen LogP contribution in [0.15, 0.2) is 36.4 Å². The van der Waals surface area contributed by atoms with Crippen molar-refractivity contribution in [3.8, 4) is 5.75 Å². The van der Waals surface area contributed by atoms with E-state index in [2.05, 4.69) is 47.8 Å². The second-order valence-corrected chi connectivity index (χ2v) is 10.8. The highest BCUT2D eigenvalue weighted by molar-refractivity contribution is 14.1. The first-order chi connectivity index (χ1) is 13.9. The van der Waals surface area contributed by atoms with Gasteiger partial charge in [0.15, 0.2) is 0 Å². The molecule has 1 N–H and O–H groups in total. The number of aryl methyl sites for hydroxylation is 1. The lowest BCUT2D eigenvalue weighted by atomic mass is 9.93. The van der Waals surface area contributed by atoms with Gasteiger partial charge in [0, 0.05) is 3.57 Å². The van der Waals surface area contributed by atoms with Gasteiger partial charge in [0.25, 0.3) is 0 Å². The van der Waals surface area contributed by atoms with Crippen molar-refractivity contribution in [1.82, 2.24) is 5.32 Å². The lowest BCUT2D eigenvalue weighted by molar-refractivity contribution is -0.120. The van der Waals surface area contributed by atoms with Crippen molar-refractivity contribution in [2.45, 2.75) is 39.7 Å². The number of rotatable bonds is 8. The molecule has 0 aliphatic heterocycles. The van der Waals surface area contributed by atoms with Crippen LogP contribution >= 0.6 is 22.6 Å². The topological polar surface area (TPSA) is 75.7 Å². The second-order valence-electron chi connectivity index (χ2n) is 7.64. The van der Waals surface area contributed by atoms with Crippen molar-refractivity contribution in [1.29, 1.82) is 0 Å². The minimum Gasteiger partial charge on any atom is -0.496 e. The van der Waals surface area contributed by atoms with Crippen molar-refractivity contribution in [2.24, 2.45) is 0 Å². The summed E-state index contributed by atoms with van der Waals surface area (Å²) in [6.07, 6.45) is 1.10. The largest absolute Gasteiger partial charge is 0.496 e. The SMILES string of the molecule is COc1cc(C)c([C@H](C)NC(=O)CN(c2ccc(I)cc2)S(C)(=O)=O)cc1C(C)C. The van der Waals surface area contributed by atoms with Crippen molar-refractivity contribution < 1.29 is 17.9 Å². The fourth-order valence-corrected chi connectivity index (χ4v) is 4.53. The number of ether oxygens (including phenoxy) is 1. The molecule has 6 nitrogen and oxygen atoms in total. The Labute approximate surface area is 193 Å². The van der Waals surface area contributed by atoms with Gasteiger partial charge in [-0.25, -0.2) is 8.42 Å². The number of hydrogen-bond donors (Lipinski definition) is 1. The summed E-state index contributed by atoms with van der Waals surface area (Å²) >= 11 is 2.15. The number of anilines is 1. The molecule has 0 saturated heterocycles. The first kappa shape index (κ1) is 24.5. The third-order valence-electron chi connectivity index (χ3n) is 4.89. The van der Waals surface area contributed by atoms with Gasteiger partial charge in [0.2, 0.25) is 15.9 Å². The van der Waals surface area contributed by atoms with Gasteiger partial charge in [-0.1, -0.05) is 13.8 Å². The van der Waals surface area contributed by atoms with Crippen LogP contribution in [0.5, 0.6) is 5.75 Å². The first-order valence-electron chi connectivity index (χ1n) is 9.65. The van der Waals surface area contributed by atoms with Crippen molar-refractivity contribution in [2.75, 3.05) is 24.2 Å². The third kappa shape index (κ3) is 6.10. The Kier molecular flexibility index (Phi) is 8.15. The minimum atomic E-state index is -3.61. The molecule has 2 rings (SSSR count). The van der Waals surface area contributed by atoms with Gasteiger partial charge in [0.1, 0.15) is 12.3 Å². The molecule has 8 heteroatoms. The predicted molar refractivity (Wildman–Crippen MR) is 130 cm³/mol. The summed E-state index contributed by atoms with van der Waals surface area (Å²) in [5, 5.41) is 2.94. The number of methoxy groups -OCH3 is 1. The standard InChI is InChI=1S/C22H29IN2O4S/c1-14(2)19-12-20(15(3)11-21(19)29-5)16(4)24-22(26)13-25(30(6,27)28)18-9-7-17(23)8-10-18/h7-12,14,16H,13H2,1-6H3,(H,24,26)/t16-/m0/s1. The van der Waals surface area contributed by atoms with Gasteiger partial charge in [-0.05, 0) is 95.4 Å². The van der Waals surface area contributed by atoms with Gasteiger partial charge < -0.3 is 10.1 Å². The monoisotopic (exact) mass is 544 g/mol. The van der Waals surface area contributed by atoms with Crippen LogP contribution in [0.1, 0.15) is 49.4 Å². The number of carbonyl (C=O) groups is 1. The molecule has 0 unspecified atom stereocenters. The Hall–Kier alpha value is -1.81. The Bertz CT molecular complexity index is 1000. The molecule has 0 aliphatic carbocycles. The molecule has 1 atom stereocenters. The average Bonchev–Trinajstić information content (AvgIpc) is 2.65. The summed E-state index contributed by atoms with van der Waals surface area (Å²) in [6, 6.07) is 10.8. The van der Waals surface area contributed by atoms with Crippen molar-refractivity contribution in [3.05, 3.63) is 56.7 Å². The highest BCUT2D eigenvalue weighted by atomic mass is 127. The fourth-order valence-electron chi connectivity index (χ4n) is 3.31. The molecule has 1 amide bonds. The van der Waals surface area contributed by atoms with E-state index in [-0.39, 0.29) is 24.4 Å². The van der Waals surface area contributed by atoms with Crippen LogP contribution in [0.2, 0.25) is 0 Å². The minimum absolute atomic E-state index is 0.267. The number of nitrogens with one attached hydrogen (secondary N) is 1. The molecule has 30 heavy (non-hydrogen) atoms. The Morgan fingerprint density at radius 1 is 1.13 bits per heavy atom. The lowest BCUT2D eigenvalue weighted by Crippen LogP contribution is -2.41. The van der Waals surface area contributed by atoms with E-state index < -0.39 is 10.0 Å². The van der Waals surface area contributed by atoms with E-state index in [1.165, 1.54) is 0 Å². The average molecular weight is 544 g/mol. The maximum atomic E-state index is 12.7. The van der Waals surface area contributed by atoms with Crippen LogP contribution in [0.4, 0.5) is 5.69 Å². The molecule has 164 valence electrons. The number of hydrogen-bond acceptors (Lipinski definition) is 4.